The molecule has 0 aliphatic heterocycles. The Morgan fingerprint density at radius 1 is 1.21 bits per heavy atom. The van der Waals surface area contributed by atoms with Crippen molar-refractivity contribution in [1.82, 2.24) is 5.32 Å². The summed E-state index contributed by atoms with van der Waals surface area (Å²) in [4.78, 5) is 12.0. The van der Waals surface area contributed by atoms with Crippen LogP contribution in [-0.2, 0) is 0 Å². The number of benzene rings is 2. The molecule has 4 heteroatoms. The van der Waals surface area contributed by atoms with Crippen LogP contribution in [0.2, 0.25) is 5.02 Å². The van der Waals surface area contributed by atoms with Gasteiger partial charge in [-0.3, -0.25) is 4.79 Å². The van der Waals surface area contributed by atoms with Crippen LogP contribution in [-0.4, -0.2) is 5.91 Å². The highest BCUT2D eigenvalue weighted by molar-refractivity contribution is 6.31. The normalized spacial score (nSPS) is 11.9. The molecule has 0 spiro atoms. The van der Waals surface area contributed by atoms with Crippen LogP contribution in [0.1, 0.15) is 28.9 Å². The van der Waals surface area contributed by atoms with E-state index in [2.05, 4.69) is 5.32 Å². The number of nitrogens with one attached hydrogen (secondary N) is 1. The van der Waals surface area contributed by atoms with E-state index in [4.69, 9.17) is 11.6 Å². The molecule has 0 heterocycles. The summed E-state index contributed by atoms with van der Waals surface area (Å²) in [6.07, 6.45) is 0. The topological polar surface area (TPSA) is 29.1 Å². The molecule has 0 saturated carbocycles. The van der Waals surface area contributed by atoms with Crippen LogP contribution in [0.4, 0.5) is 4.39 Å². The second-order valence-electron chi connectivity index (χ2n) is 4.23. The fourth-order valence-electron chi connectivity index (χ4n) is 1.81. The molecule has 2 nitrogen and oxygen atoms in total. The predicted octanol–water partition coefficient (Wildman–Crippen LogP) is 3.97. The average molecular weight is 278 g/mol. The third kappa shape index (κ3) is 3.32. The summed E-state index contributed by atoms with van der Waals surface area (Å²) in [5, 5.41) is 3.38. The van der Waals surface area contributed by atoms with Gasteiger partial charge in [0.15, 0.2) is 0 Å². The Bertz CT molecular complexity index is 600. The van der Waals surface area contributed by atoms with Crippen LogP contribution >= 0.6 is 11.6 Å². The lowest BCUT2D eigenvalue weighted by atomic mass is 10.1. The Balaban J connectivity index is 2.13. The fourth-order valence-corrected chi connectivity index (χ4v) is 2.11. The van der Waals surface area contributed by atoms with Crippen molar-refractivity contribution in [3.63, 3.8) is 0 Å². The van der Waals surface area contributed by atoms with E-state index in [-0.39, 0.29) is 11.9 Å². The van der Waals surface area contributed by atoms with Crippen molar-refractivity contribution >= 4 is 17.5 Å². The molecule has 0 aliphatic rings. The lowest BCUT2D eigenvalue weighted by Crippen LogP contribution is -2.26. The minimum absolute atomic E-state index is 0.246. The molecule has 0 radical (unpaired) electrons. The van der Waals surface area contributed by atoms with Crippen LogP contribution in [0, 0.1) is 5.82 Å². The number of amides is 1. The number of rotatable bonds is 3. The molecule has 1 amide bonds. The molecule has 2 aromatic rings. The maximum Gasteiger partial charge on any atom is 0.251 e. The zero-order valence-electron chi connectivity index (χ0n) is 10.4. The Morgan fingerprint density at radius 2 is 1.95 bits per heavy atom. The predicted molar refractivity (Wildman–Crippen MR) is 73.7 cm³/mol. The van der Waals surface area contributed by atoms with Crippen LogP contribution in [0.15, 0.2) is 48.5 Å². The molecule has 2 rings (SSSR count). The van der Waals surface area contributed by atoms with Crippen molar-refractivity contribution in [2.75, 3.05) is 0 Å². The minimum Gasteiger partial charge on any atom is -0.345 e. The highest BCUT2D eigenvalue weighted by atomic mass is 35.5. The van der Waals surface area contributed by atoms with Crippen LogP contribution in [0.3, 0.4) is 0 Å². The van der Waals surface area contributed by atoms with Gasteiger partial charge in [-0.1, -0.05) is 35.9 Å². The Hall–Kier alpha value is -1.87. The van der Waals surface area contributed by atoms with E-state index >= 15 is 0 Å². The van der Waals surface area contributed by atoms with Crippen molar-refractivity contribution in [3.8, 4) is 0 Å². The van der Waals surface area contributed by atoms with Gasteiger partial charge in [0.2, 0.25) is 0 Å². The van der Waals surface area contributed by atoms with Gasteiger partial charge in [0, 0.05) is 10.6 Å². The quantitative estimate of drug-likeness (QED) is 0.904. The lowest BCUT2D eigenvalue weighted by molar-refractivity contribution is 0.0939. The second-order valence-corrected chi connectivity index (χ2v) is 4.63. The lowest BCUT2D eigenvalue weighted by Gasteiger charge is -2.15. The van der Waals surface area contributed by atoms with Gasteiger partial charge in [0.05, 0.1) is 6.04 Å². The Kier molecular flexibility index (Phi) is 4.17. The molecule has 2 aromatic carbocycles. The molecule has 1 N–H and O–H groups in total. The number of halogens is 2. The number of carbonyl (C=O) groups excluding carboxylic acids is 1. The first-order valence-corrected chi connectivity index (χ1v) is 6.26. The Morgan fingerprint density at radius 3 is 2.63 bits per heavy atom. The zero-order valence-corrected chi connectivity index (χ0v) is 11.1. The van der Waals surface area contributed by atoms with E-state index in [1.165, 1.54) is 18.2 Å². The molecule has 0 aliphatic carbocycles. The van der Waals surface area contributed by atoms with Crippen molar-refractivity contribution in [2.24, 2.45) is 0 Å². The van der Waals surface area contributed by atoms with Gasteiger partial charge >= 0.3 is 0 Å². The molecular formula is C15H13ClFNO. The first-order chi connectivity index (χ1) is 9.08. The first kappa shape index (κ1) is 13.6. The van der Waals surface area contributed by atoms with Crippen molar-refractivity contribution < 1.29 is 9.18 Å². The Labute approximate surface area is 116 Å². The molecule has 0 fully saturated rings. The van der Waals surface area contributed by atoms with Gasteiger partial charge in [-0.15, -0.1) is 0 Å². The average Bonchev–Trinajstić information content (AvgIpc) is 2.39. The molecular weight excluding hydrogens is 265 g/mol. The summed E-state index contributed by atoms with van der Waals surface area (Å²) in [5.41, 5.74) is 1.12. The van der Waals surface area contributed by atoms with Crippen LogP contribution in [0.25, 0.3) is 0 Å². The monoisotopic (exact) mass is 277 g/mol. The highest BCUT2D eigenvalue weighted by Gasteiger charge is 2.13. The van der Waals surface area contributed by atoms with E-state index in [1.54, 1.807) is 12.1 Å². The van der Waals surface area contributed by atoms with Gasteiger partial charge < -0.3 is 5.32 Å². The molecule has 1 unspecified atom stereocenters. The van der Waals surface area contributed by atoms with Gasteiger partial charge in [-0.2, -0.15) is 0 Å². The van der Waals surface area contributed by atoms with Gasteiger partial charge in [0.1, 0.15) is 5.82 Å². The highest BCUT2D eigenvalue weighted by Crippen LogP contribution is 2.22. The van der Waals surface area contributed by atoms with Crippen LogP contribution < -0.4 is 5.32 Å². The van der Waals surface area contributed by atoms with E-state index in [0.717, 1.165) is 5.56 Å². The summed E-state index contributed by atoms with van der Waals surface area (Å²) in [7, 11) is 0. The molecule has 98 valence electrons. The smallest absolute Gasteiger partial charge is 0.251 e. The van der Waals surface area contributed by atoms with E-state index in [0.29, 0.717) is 10.6 Å². The summed E-state index contributed by atoms with van der Waals surface area (Å²) in [6.45, 7) is 1.83. The number of hydrogen-bond donors (Lipinski definition) is 1. The third-order valence-electron chi connectivity index (χ3n) is 2.81. The standard InChI is InChI=1S/C15H13ClFNO/c1-10(13-7-2-3-8-14(13)16)18-15(19)11-5-4-6-12(17)9-11/h2-10H,1H3,(H,18,19). The molecule has 0 saturated heterocycles. The van der Waals surface area contributed by atoms with E-state index in [1.807, 2.05) is 25.1 Å². The zero-order chi connectivity index (χ0) is 13.8. The third-order valence-corrected chi connectivity index (χ3v) is 3.15. The molecule has 19 heavy (non-hydrogen) atoms. The van der Waals surface area contributed by atoms with E-state index in [9.17, 15) is 9.18 Å². The van der Waals surface area contributed by atoms with Gasteiger partial charge in [-0.05, 0) is 36.8 Å². The summed E-state index contributed by atoms with van der Waals surface area (Å²) in [5.74, 6) is -0.759. The molecule has 0 bridgehead atoms. The summed E-state index contributed by atoms with van der Waals surface area (Å²) >= 11 is 6.06. The van der Waals surface area contributed by atoms with Crippen molar-refractivity contribution in [1.29, 1.82) is 0 Å². The van der Waals surface area contributed by atoms with Gasteiger partial charge in [-0.25, -0.2) is 4.39 Å². The maximum absolute atomic E-state index is 13.1. The second kappa shape index (κ2) is 5.85. The first-order valence-electron chi connectivity index (χ1n) is 5.89. The fraction of sp³-hybridized carbons (Fsp3) is 0.133. The largest absolute Gasteiger partial charge is 0.345 e. The SMILES string of the molecule is CC(NC(=O)c1cccc(F)c1)c1ccccc1Cl. The minimum atomic E-state index is -0.432. The number of hydrogen-bond acceptors (Lipinski definition) is 1. The van der Waals surface area contributed by atoms with Crippen LogP contribution in [0.5, 0.6) is 0 Å². The number of carbonyl (C=O) groups is 1. The molecule has 1 atom stereocenters. The van der Waals surface area contributed by atoms with Gasteiger partial charge in [0.25, 0.3) is 5.91 Å². The molecule has 0 aromatic heterocycles. The maximum atomic E-state index is 13.1. The van der Waals surface area contributed by atoms with E-state index < -0.39 is 5.82 Å². The van der Waals surface area contributed by atoms with Crippen molar-refractivity contribution in [2.45, 2.75) is 13.0 Å². The summed E-state index contributed by atoms with van der Waals surface area (Å²) < 4.78 is 13.1. The van der Waals surface area contributed by atoms with Crippen molar-refractivity contribution in [3.05, 3.63) is 70.5 Å². The summed E-state index contributed by atoms with van der Waals surface area (Å²) in [6, 6.07) is 12.6.